The minimum atomic E-state index is -4.10. The summed E-state index contributed by atoms with van der Waals surface area (Å²) in [6.45, 7) is 0.539. The Morgan fingerprint density at radius 3 is 2.71 bits per heavy atom. The van der Waals surface area contributed by atoms with Crippen molar-refractivity contribution >= 4 is 0 Å². The lowest BCUT2D eigenvalue weighted by Crippen LogP contribution is -2.20. The molecule has 2 rings (SSSR count). The van der Waals surface area contributed by atoms with Gasteiger partial charge < -0.3 is 5.32 Å². The van der Waals surface area contributed by atoms with Crippen molar-refractivity contribution in [1.29, 1.82) is 0 Å². The average Bonchev–Trinajstić information content (AvgIpc) is 2.47. The second-order valence-corrected chi connectivity index (χ2v) is 3.45. The molecule has 1 N–H and O–H groups in total. The fourth-order valence-corrected chi connectivity index (χ4v) is 1.79. The van der Waals surface area contributed by atoms with Crippen molar-refractivity contribution in [2.75, 3.05) is 0 Å². The third-order valence-corrected chi connectivity index (χ3v) is 2.41. The Balaban J connectivity index is 2.18. The highest BCUT2D eigenvalue weighted by molar-refractivity contribution is 5.33. The van der Waals surface area contributed by atoms with Crippen LogP contribution < -0.4 is 5.32 Å². The zero-order chi connectivity index (χ0) is 10.2. The molecule has 0 bridgehead atoms. The van der Waals surface area contributed by atoms with Crippen molar-refractivity contribution in [2.45, 2.75) is 25.2 Å². The first-order valence-electron chi connectivity index (χ1n) is 4.44. The van der Waals surface area contributed by atoms with Gasteiger partial charge in [0.1, 0.15) is 0 Å². The maximum atomic E-state index is 12.2. The van der Waals surface area contributed by atoms with Crippen LogP contribution in [0.3, 0.4) is 0 Å². The van der Waals surface area contributed by atoms with E-state index in [-0.39, 0.29) is 0 Å². The Morgan fingerprint density at radius 2 is 2.00 bits per heavy atom. The van der Waals surface area contributed by atoms with Crippen LogP contribution in [0.2, 0.25) is 0 Å². The molecule has 1 aromatic rings. The Morgan fingerprint density at radius 1 is 1.29 bits per heavy atom. The highest BCUT2D eigenvalue weighted by Gasteiger charge is 2.35. The molecule has 4 heteroatoms. The number of hydrogen-bond donors (Lipinski definition) is 1. The van der Waals surface area contributed by atoms with E-state index in [1.165, 1.54) is 0 Å². The zero-order valence-corrected chi connectivity index (χ0v) is 7.43. The molecule has 1 nitrogen and oxygen atoms in total. The zero-order valence-electron chi connectivity index (χ0n) is 7.43. The standard InChI is InChI=1S/C10H10F3N/c11-10(12,13)5-9-8-4-2-1-3-7(8)6-14-9/h1-4,9,14H,5-6H2. The van der Waals surface area contributed by atoms with Gasteiger partial charge in [0.05, 0.1) is 6.42 Å². The van der Waals surface area contributed by atoms with Crippen molar-refractivity contribution in [3.8, 4) is 0 Å². The average molecular weight is 201 g/mol. The van der Waals surface area contributed by atoms with Crippen LogP contribution in [-0.2, 0) is 6.54 Å². The Labute approximate surface area is 79.9 Å². The smallest absolute Gasteiger partial charge is 0.306 e. The summed E-state index contributed by atoms with van der Waals surface area (Å²) in [6.07, 6.45) is -4.89. The van der Waals surface area contributed by atoms with Crippen LogP contribution in [0.25, 0.3) is 0 Å². The van der Waals surface area contributed by atoms with Crippen molar-refractivity contribution in [3.05, 3.63) is 35.4 Å². The van der Waals surface area contributed by atoms with Crippen molar-refractivity contribution in [1.82, 2.24) is 5.32 Å². The normalized spacial score (nSPS) is 20.9. The quantitative estimate of drug-likeness (QED) is 0.736. The molecule has 76 valence electrons. The lowest BCUT2D eigenvalue weighted by Gasteiger charge is -2.14. The van der Waals surface area contributed by atoms with Crippen molar-refractivity contribution in [3.63, 3.8) is 0 Å². The highest BCUT2D eigenvalue weighted by Crippen LogP contribution is 2.34. The van der Waals surface area contributed by atoms with E-state index < -0.39 is 18.6 Å². The third kappa shape index (κ3) is 1.90. The van der Waals surface area contributed by atoms with E-state index >= 15 is 0 Å². The maximum absolute atomic E-state index is 12.2. The molecule has 0 aromatic heterocycles. The van der Waals surface area contributed by atoms with E-state index in [1.54, 1.807) is 12.1 Å². The number of rotatable bonds is 1. The molecular weight excluding hydrogens is 191 g/mol. The number of halogens is 3. The number of benzene rings is 1. The topological polar surface area (TPSA) is 12.0 Å². The molecular formula is C10H10F3N. The third-order valence-electron chi connectivity index (χ3n) is 2.41. The van der Waals surface area contributed by atoms with Crippen molar-refractivity contribution in [2.24, 2.45) is 0 Å². The maximum Gasteiger partial charge on any atom is 0.390 e. The monoisotopic (exact) mass is 201 g/mol. The van der Waals surface area contributed by atoms with Gasteiger partial charge in [-0.05, 0) is 11.1 Å². The second-order valence-electron chi connectivity index (χ2n) is 3.45. The Kier molecular flexibility index (Phi) is 2.23. The van der Waals surface area contributed by atoms with Gasteiger partial charge in [0.25, 0.3) is 0 Å². The van der Waals surface area contributed by atoms with Crippen LogP contribution in [0.1, 0.15) is 23.6 Å². The summed E-state index contributed by atoms with van der Waals surface area (Å²) < 4.78 is 36.5. The number of alkyl halides is 3. The highest BCUT2D eigenvalue weighted by atomic mass is 19.4. The number of fused-ring (bicyclic) bond motifs is 1. The molecule has 0 saturated heterocycles. The molecule has 1 unspecified atom stereocenters. The largest absolute Gasteiger partial charge is 0.390 e. The van der Waals surface area contributed by atoms with E-state index in [4.69, 9.17) is 0 Å². The first-order valence-corrected chi connectivity index (χ1v) is 4.44. The molecule has 1 atom stereocenters. The van der Waals surface area contributed by atoms with Gasteiger partial charge in [-0.2, -0.15) is 13.2 Å². The van der Waals surface area contributed by atoms with Crippen LogP contribution in [0.5, 0.6) is 0 Å². The molecule has 0 spiro atoms. The summed E-state index contributed by atoms with van der Waals surface area (Å²) in [5.41, 5.74) is 1.76. The molecule has 1 aliphatic rings. The van der Waals surface area contributed by atoms with Gasteiger partial charge >= 0.3 is 6.18 Å². The van der Waals surface area contributed by atoms with E-state index in [1.807, 2.05) is 12.1 Å². The predicted octanol–water partition coefficient (Wildman–Crippen LogP) is 2.78. The van der Waals surface area contributed by atoms with Gasteiger partial charge in [-0.25, -0.2) is 0 Å². The summed E-state index contributed by atoms with van der Waals surface area (Å²) in [5, 5.41) is 2.86. The summed E-state index contributed by atoms with van der Waals surface area (Å²) in [4.78, 5) is 0. The number of hydrogen-bond acceptors (Lipinski definition) is 1. The van der Waals surface area contributed by atoms with Crippen LogP contribution in [-0.4, -0.2) is 6.18 Å². The van der Waals surface area contributed by atoms with E-state index in [2.05, 4.69) is 5.32 Å². The first-order chi connectivity index (χ1) is 6.56. The van der Waals surface area contributed by atoms with Crippen LogP contribution in [0.15, 0.2) is 24.3 Å². The van der Waals surface area contributed by atoms with E-state index in [9.17, 15) is 13.2 Å². The minimum Gasteiger partial charge on any atom is -0.306 e. The lowest BCUT2D eigenvalue weighted by molar-refractivity contribution is -0.140. The van der Waals surface area contributed by atoms with Crippen LogP contribution in [0, 0.1) is 0 Å². The molecule has 0 amide bonds. The summed E-state index contributed by atoms with van der Waals surface area (Å²) in [5.74, 6) is 0. The SMILES string of the molecule is FC(F)(F)CC1NCc2ccccc21. The Bertz CT molecular complexity index is 332. The van der Waals surface area contributed by atoms with Crippen LogP contribution >= 0.6 is 0 Å². The van der Waals surface area contributed by atoms with Gasteiger partial charge in [-0.1, -0.05) is 24.3 Å². The molecule has 1 heterocycles. The molecule has 1 aliphatic heterocycles. The minimum absolute atomic E-state index is 0.539. The number of nitrogens with one attached hydrogen (secondary N) is 1. The van der Waals surface area contributed by atoms with Gasteiger partial charge in [0, 0.05) is 12.6 Å². The Hall–Kier alpha value is -1.03. The van der Waals surface area contributed by atoms with Gasteiger partial charge in [-0.15, -0.1) is 0 Å². The summed E-state index contributed by atoms with van der Waals surface area (Å²) in [7, 11) is 0. The predicted molar refractivity (Wildman–Crippen MR) is 46.7 cm³/mol. The molecule has 0 saturated carbocycles. The van der Waals surface area contributed by atoms with Gasteiger partial charge in [0.15, 0.2) is 0 Å². The van der Waals surface area contributed by atoms with Gasteiger partial charge in [0.2, 0.25) is 0 Å². The molecule has 14 heavy (non-hydrogen) atoms. The van der Waals surface area contributed by atoms with E-state index in [0.717, 1.165) is 11.1 Å². The molecule has 0 fully saturated rings. The van der Waals surface area contributed by atoms with Crippen LogP contribution in [0.4, 0.5) is 13.2 Å². The fourth-order valence-electron chi connectivity index (χ4n) is 1.79. The second kappa shape index (κ2) is 3.28. The summed E-state index contributed by atoms with van der Waals surface area (Å²) in [6, 6.07) is 6.67. The lowest BCUT2D eigenvalue weighted by atomic mass is 10.0. The first kappa shape index (κ1) is 9.52. The molecule has 0 radical (unpaired) electrons. The summed E-state index contributed by atoms with van der Waals surface area (Å²) >= 11 is 0. The van der Waals surface area contributed by atoms with Crippen molar-refractivity contribution < 1.29 is 13.2 Å². The fraction of sp³-hybridized carbons (Fsp3) is 0.400. The van der Waals surface area contributed by atoms with E-state index in [0.29, 0.717) is 6.54 Å². The molecule has 1 aromatic carbocycles. The molecule has 0 aliphatic carbocycles. The van der Waals surface area contributed by atoms with Gasteiger partial charge in [-0.3, -0.25) is 0 Å².